The lowest BCUT2D eigenvalue weighted by atomic mass is 10.1. The zero-order valence-electron chi connectivity index (χ0n) is 32.8. The fourth-order valence-corrected chi connectivity index (χ4v) is 8.45. The molecule has 2 heterocycles. The van der Waals surface area contributed by atoms with Crippen LogP contribution in [0.5, 0.6) is 0 Å². The third-order valence-electron chi connectivity index (χ3n) is 11.3. The van der Waals surface area contributed by atoms with Gasteiger partial charge in [-0.1, -0.05) is 115 Å². The van der Waals surface area contributed by atoms with E-state index in [1.165, 1.54) is 10.8 Å². The van der Waals surface area contributed by atoms with Gasteiger partial charge in [-0.25, -0.2) is 0 Å². The van der Waals surface area contributed by atoms with Gasteiger partial charge in [-0.3, -0.25) is 0 Å². The van der Waals surface area contributed by atoms with E-state index in [0.29, 0.717) is 0 Å². The summed E-state index contributed by atoms with van der Waals surface area (Å²) in [7, 11) is 0. The number of fused-ring (bicyclic) bond motifs is 3. The highest BCUT2D eigenvalue weighted by atomic mass is 16.3. The van der Waals surface area contributed by atoms with Gasteiger partial charge in [0, 0.05) is 56.1 Å². The van der Waals surface area contributed by atoms with E-state index in [2.05, 4.69) is 251 Å². The highest BCUT2D eigenvalue weighted by molar-refractivity contribution is 6.00. The predicted octanol–water partition coefficient (Wildman–Crippen LogP) is 15.8. The number of hydrogen-bond acceptors (Lipinski definition) is 3. The number of para-hydroxylation sites is 4. The molecule has 0 aliphatic heterocycles. The van der Waals surface area contributed by atoms with E-state index >= 15 is 0 Å². The molecule has 0 saturated heterocycles. The van der Waals surface area contributed by atoms with Crippen molar-refractivity contribution in [1.29, 1.82) is 0 Å². The largest absolute Gasteiger partial charge is 0.456 e. The Morgan fingerprint density at radius 3 is 1.32 bits per heavy atom. The van der Waals surface area contributed by atoms with Crippen LogP contribution < -0.4 is 9.80 Å². The van der Waals surface area contributed by atoms with Gasteiger partial charge < -0.3 is 18.8 Å². The minimum absolute atomic E-state index is 0.838. The summed E-state index contributed by atoms with van der Waals surface area (Å²) in [4.78, 5) is 4.57. The van der Waals surface area contributed by atoms with E-state index in [1.54, 1.807) is 0 Å². The summed E-state index contributed by atoms with van der Waals surface area (Å²) in [5, 5.41) is 4.59. The summed E-state index contributed by atoms with van der Waals surface area (Å²) in [5.41, 5.74) is 13.0. The monoisotopic (exact) mass is 769 g/mol. The molecule has 0 radical (unpaired) electrons. The van der Waals surface area contributed by atoms with E-state index in [4.69, 9.17) is 4.42 Å². The number of aromatic nitrogens is 1. The lowest BCUT2D eigenvalue weighted by Crippen LogP contribution is -2.09. The summed E-state index contributed by atoms with van der Waals surface area (Å²) in [6.45, 7) is 0. The van der Waals surface area contributed by atoms with Crippen LogP contribution in [-0.2, 0) is 0 Å². The lowest BCUT2D eigenvalue weighted by molar-refractivity contribution is 0.632. The Morgan fingerprint density at radius 2 is 0.783 bits per heavy atom. The average Bonchev–Trinajstić information content (AvgIpc) is 3.91. The highest BCUT2D eigenvalue weighted by Gasteiger charge is 2.19. The molecule has 0 fully saturated rings. The van der Waals surface area contributed by atoms with Crippen LogP contribution in [0.1, 0.15) is 0 Å². The summed E-state index contributed by atoms with van der Waals surface area (Å²) in [5.74, 6) is 0.838. The van der Waals surface area contributed by atoms with Gasteiger partial charge in [0.25, 0.3) is 0 Å². The Morgan fingerprint density at radius 1 is 0.317 bits per heavy atom. The van der Waals surface area contributed by atoms with Crippen molar-refractivity contribution >= 4 is 66.8 Å². The molecule has 0 saturated carbocycles. The number of rotatable bonds is 9. The molecule has 0 bridgehead atoms. The molecular formula is C56H39N3O. The second-order valence-electron chi connectivity index (χ2n) is 15.1. The van der Waals surface area contributed by atoms with Crippen molar-refractivity contribution in [3.8, 4) is 28.3 Å². The van der Waals surface area contributed by atoms with Crippen LogP contribution >= 0.6 is 0 Å². The molecule has 60 heavy (non-hydrogen) atoms. The molecule has 0 atom stereocenters. The topological polar surface area (TPSA) is 24.6 Å². The molecule has 284 valence electrons. The van der Waals surface area contributed by atoms with Gasteiger partial charge in [-0.05, 0) is 138 Å². The molecular weight excluding hydrogens is 731 g/mol. The van der Waals surface area contributed by atoms with Gasteiger partial charge in [0.05, 0.1) is 11.2 Å². The summed E-state index contributed by atoms with van der Waals surface area (Å²) in [6.07, 6.45) is 0. The van der Waals surface area contributed by atoms with Crippen molar-refractivity contribution in [3.63, 3.8) is 0 Å². The van der Waals surface area contributed by atoms with Crippen molar-refractivity contribution in [2.24, 2.45) is 0 Å². The lowest BCUT2D eigenvalue weighted by Gasteiger charge is -2.25. The first kappa shape index (κ1) is 35.1. The molecule has 0 amide bonds. The summed E-state index contributed by atoms with van der Waals surface area (Å²) < 4.78 is 9.04. The third kappa shape index (κ3) is 6.47. The average molecular weight is 770 g/mol. The smallest absolute Gasteiger partial charge is 0.135 e. The molecule has 4 nitrogen and oxygen atoms in total. The van der Waals surface area contributed by atoms with Gasteiger partial charge in [0.1, 0.15) is 11.3 Å². The molecule has 9 aromatic carbocycles. The molecule has 2 aromatic heterocycles. The van der Waals surface area contributed by atoms with Crippen LogP contribution in [0.15, 0.2) is 241 Å². The van der Waals surface area contributed by atoms with E-state index in [0.717, 1.165) is 84.3 Å². The number of furan rings is 1. The van der Waals surface area contributed by atoms with Crippen LogP contribution in [0.3, 0.4) is 0 Å². The minimum Gasteiger partial charge on any atom is -0.456 e. The first-order valence-corrected chi connectivity index (χ1v) is 20.3. The zero-order chi connectivity index (χ0) is 39.8. The Kier molecular flexibility index (Phi) is 8.79. The molecule has 0 aliphatic carbocycles. The van der Waals surface area contributed by atoms with Crippen LogP contribution in [-0.4, -0.2) is 4.57 Å². The molecule has 0 unspecified atom stereocenters. The van der Waals surface area contributed by atoms with E-state index < -0.39 is 0 Å². The van der Waals surface area contributed by atoms with Gasteiger partial charge >= 0.3 is 0 Å². The highest BCUT2D eigenvalue weighted by Crippen LogP contribution is 2.41. The quantitative estimate of drug-likeness (QED) is 0.146. The second kappa shape index (κ2) is 15.0. The minimum atomic E-state index is 0.838. The molecule has 4 heteroatoms. The molecule has 0 aliphatic rings. The van der Waals surface area contributed by atoms with Crippen molar-refractivity contribution in [3.05, 3.63) is 237 Å². The van der Waals surface area contributed by atoms with Crippen molar-refractivity contribution < 1.29 is 4.42 Å². The Hall–Kier alpha value is -8.08. The SMILES string of the molecule is c1ccc(N(c2ccccc2)c2ccc(-c3cc4cc5c(cc(-c6ccc(N(c7ccccc7)c7ccccc7)cc6)n5-c5ccc6ccccc6c5)cc4o3)cc2)cc1. The van der Waals surface area contributed by atoms with Gasteiger partial charge in [0.15, 0.2) is 0 Å². The summed E-state index contributed by atoms with van der Waals surface area (Å²) >= 11 is 0. The molecule has 11 rings (SSSR count). The third-order valence-corrected chi connectivity index (χ3v) is 11.3. The molecule has 0 spiro atoms. The summed E-state index contributed by atoms with van der Waals surface area (Å²) in [6, 6.07) is 83.8. The van der Waals surface area contributed by atoms with Crippen molar-refractivity contribution in [2.75, 3.05) is 9.80 Å². The fourth-order valence-electron chi connectivity index (χ4n) is 8.45. The van der Waals surface area contributed by atoms with Gasteiger partial charge in [0.2, 0.25) is 0 Å². The van der Waals surface area contributed by atoms with E-state index in [-0.39, 0.29) is 0 Å². The Balaban J connectivity index is 0.996. The Labute approximate surface area is 349 Å². The number of anilines is 6. The Bertz CT molecular complexity index is 3150. The van der Waals surface area contributed by atoms with E-state index in [9.17, 15) is 0 Å². The van der Waals surface area contributed by atoms with Gasteiger partial charge in [-0.15, -0.1) is 0 Å². The molecule has 0 N–H and O–H groups in total. The molecule has 11 aromatic rings. The normalized spacial score (nSPS) is 11.3. The van der Waals surface area contributed by atoms with Gasteiger partial charge in [-0.2, -0.15) is 0 Å². The number of nitrogens with zero attached hydrogens (tertiary/aromatic N) is 3. The first-order chi connectivity index (χ1) is 29.7. The van der Waals surface area contributed by atoms with E-state index in [1.807, 2.05) is 0 Å². The standard InChI is InChI=1S/C56H39N3O/c1-5-17-46(18-6-1)57(47-19-7-2-8-20-47)50-30-26-41(27-31-50)53-36-44-38-56-45(37-54(44)59(53)52-34-25-40-15-13-14-16-43(40)35-52)39-55(60-56)42-28-32-51(33-29-42)58(48-21-9-3-10-22-48)49-23-11-4-12-24-49/h1-39H. The first-order valence-electron chi connectivity index (χ1n) is 20.3. The van der Waals surface area contributed by atoms with Crippen molar-refractivity contribution in [1.82, 2.24) is 4.57 Å². The van der Waals surface area contributed by atoms with Crippen LogP contribution in [0.2, 0.25) is 0 Å². The second-order valence-corrected chi connectivity index (χ2v) is 15.1. The number of benzene rings is 9. The van der Waals surface area contributed by atoms with Crippen LogP contribution in [0.4, 0.5) is 34.1 Å². The maximum absolute atomic E-state index is 6.65. The zero-order valence-corrected chi connectivity index (χ0v) is 32.8. The maximum Gasteiger partial charge on any atom is 0.135 e. The van der Waals surface area contributed by atoms with Crippen molar-refractivity contribution in [2.45, 2.75) is 0 Å². The predicted molar refractivity (Wildman–Crippen MR) is 251 cm³/mol. The van der Waals surface area contributed by atoms with Crippen LogP contribution in [0, 0.1) is 0 Å². The number of hydrogen-bond donors (Lipinski definition) is 0. The fraction of sp³-hybridized carbons (Fsp3) is 0. The maximum atomic E-state index is 6.65. The van der Waals surface area contributed by atoms with Crippen LogP contribution in [0.25, 0.3) is 60.9 Å².